The standard InChI is InChI=1S/C23H25ClN2O2/c24-20-10-5-4-9-19(20)22(27)26-14-6-11-21(26)23(28)25-15-12-18(13-16-25)17-7-2-1-3-8-17/h1-5,7-10,18,21H,6,11-16H2. The summed E-state index contributed by atoms with van der Waals surface area (Å²) in [5.74, 6) is 0.458. The number of hydrogen-bond acceptors (Lipinski definition) is 2. The molecule has 0 N–H and O–H groups in total. The van der Waals surface area contributed by atoms with Gasteiger partial charge in [-0.05, 0) is 49.3 Å². The highest BCUT2D eigenvalue weighted by Crippen LogP contribution is 2.30. The zero-order valence-corrected chi connectivity index (χ0v) is 16.6. The molecule has 2 heterocycles. The topological polar surface area (TPSA) is 40.6 Å². The average molecular weight is 397 g/mol. The molecule has 2 aliphatic rings. The van der Waals surface area contributed by atoms with Gasteiger partial charge in [0.1, 0.15) is 6.04 Å². The fraction of sp³-hybridized carbons (Fsp3) is 0.391. The molecule has 2 fully saturated rings. The number of halogens is 1. The molecule has 0 spiro atoms. The smallest absolute Gasteiger partial charge is 0.256 e. The fourth-order valence-corrected chi connectivity index (χ4v) is 4.64. The highest BCUT2D eigenvalue weighted by Gasteiger charge is 2.38. The van der Waals surface area contributed by atoms with Crippen LogP contribution < -0.4 is 0 Å². The first-order chi connectivity index (χ1) is 13.6. The van der Waals surface area contributed by atoms with Gasteiger partial charge in [-0.1, -0.05) is 54.1 Å². The number of carbonyl (C=O) groups is 2. The number of carbonyl (C=O) groups excluding carboxylic acids is 2. The molecular weight excluding hydrogens is 372 g/mol. The van der Waals surface area contributed by atoms with Crippen molar-refractivity contribution in [2.45, 2.75) is 37.6 Å². The van der Waals surface area contributed by atoms with E-state index in [1.807, 2.05) is 17.0 Å². The predicted octanol–water partition coefficient (Wildman–Crippen LogP) is 4.35. The van der Waals surface area contributed by atoms with E-state index in [-0.39, 0.29) is 17.9 Å². The first kappa shape index (κ1) is 19.0. The molecule has 2 aromatic carbocycles. The van der Waals surface area contributed by atoms with Gasteiger partial charge >= 0.3 is 0 Å². The Morgan fingerprint density at radius 1 is 0.857 bits per heavy atom. The molecule has 146 valence electrons. The van der Waals surface area contributed by atoms with E-state index in [0.717, 1.165) is 38.8 Å². The SMILES string of the molecule is O=C(C1CCCN1C(=O)c1ccccc1Cl)N1CCC(c2ccccc2)CC1. The summed E-state index contributed by atoms with van der Waals surface area (Å²) in [7, 11) is 0. The lowest BCUT2D eigenvalue weighted by molar-refractivity contribution is -0.136. The first-order valence-electron chi connectivity index (χ1n) is 10.0. The molecule has 1 unspecified atom stereocenters. The summed E-state index contributed by atoms with van der Waals surface area (Å²) in [4.78, 5) is 29.8. The quantitative estimate of drug-likeness (QED) is 0.773. The molecule has 2 aromatic rings. The number of piperidine rings is 1. The summed E-state index contributed by atoms with van der Waals surface area (Å²) in [6.45, 7) is 2.12. The summed E-state index contributed by atoms with van der Waals surface area (Å²) in [6, 6.07) is 17.2. The summed E-state index contributed by atoms with van der Waals surface area (Å²) < 4.78 is 0. The van der Waals surface area contributed by atoms with Gasteiger partial charge in [0.05, 0.1) is 10.6 Å². The summed E-state index contributed by atoms with van der Waals surface area (Å²) in [5, 5.41) is 0.439. The van der Waals surface area contributed by atoms with Crippen molar-refractivity contribution in [2.75, 3.05) is 19.6 Å². The van der Waals surface area contributed by atoms with E-state index in [9.17, 15) is 9.59 Å². The highest BCUT2D eigenvalue weighted by molar-refractivity contribution is 6.33. The van der Waals surface area contributed by atoms with Crippen LogP contribution in [0.3, 0.4) is 0 Å². The lowest BCUT2D eigenvalue weighted by Gasteiger charge is -2.35. The molecule has 4 rings (SSSR count). The molecule has 0 aromatic heterocycles. The van der Waals surface area contributed by atoms with Gasteiger partial charge in [0, 0.05) is 19.6 Å². The molecule has 0 saturated carbocycles. The van der Waals surface area contributed by atoms with Crippen molar-refractivity contribution in [2.24, 2.45) is 0 Å². The van der Waals surface area contributed by atoms with Gasteiger partial charge in [-0.15, -0.1) is 0 Å². The van der Waals surface area contributed by atoms with Crippen LogP contribution in [0.4, 0.5) is 0 Å². The largest absolute Gasteiger partial charge is 0.341 e. The van der Waals surface area contributed by atoms with Crippen LogP contribution in [0.5, 0.6) is 0 Å². The molecule has 4 nitrogen and oxygen atoms in total. The van der Waals surface area contributed by atoms with Gasteiger partial charge in [-0.25, -0.2) is 0 Å². The van der Waals surface area contributed by atoms with Crippen molar-refractivity contribution in [3.05, 3.63) is 70.7 Å². The van der Waals surface area contributed by atoms with E-state index in [2.05, 4.69) is 24.3 Å². The minimum atomic E-state index is -0.364. The molecule has 0 aliphatic carbocycles. The maximum atomic E-state index is 13.2. The Labute approximate surface area is 171 Å². The normalized spacial score (nSPS) is 20.4. The number of amides is 2. The Morgan fingerprint density at radius 2 is 1.54 bits per heavy atom. The Morgan fingerprint density at radius 3 is 2.25 bits per heavy atom. The minimum Gasteiger partial charge on any atom is -0.341 e. The van der Waals surface area contributed by atoms with E-state index in [1.165, 1.54) is 5.56 Å². The van der Waals surface area contributed by atoms with Crippen LogP contribution in [0.15, 0.2) is 54.6 Å². The van der Waals surface area contributed by atoms with Crippen molar-refractivity contribution < 1.29 is 9.59 Å². The molecule has 2 saturated heterocycles. The van der Waals surface area contributed by atoms with E-state index in [4.69, 9.17) is 11.6 Å². The highest BCUT2D eigenvalue weighted by atomic mass is 35.5. The zero-order valence-electron chi connectivity index (χ0n) is 15.9. The molecule has 0 radical (unpaired) electrons. The molecule has 5 heteroatoms. The number of hydrogen-bond donors (Lipinski definition) is 0. The van der Waals surface area contributed by atoms with Gasteiger partial charge < -0.3 is 9.80 Å². The number of benzene rings is 2. The monoisotopic (exact) mass is 396 g/mol. The van der Waals surface area contributed by atoms with Crippen molar-refractivity contribution in [3.8, 4) is 0 Å². The molecule has 2 aliphatic heterocycles. The van der Waals surface area contributed by atoms with Crippen LogP contribution in [-0.2, 0) is 4.79 Å². The van der Waals surface area contributed by atoms with Gasteiger partial charge in [0.2, 0.25) is 5.91 Å². The van der Waals surface area contributed by atoms with Crippen LogP contribution >= 0.6 is 11.6 Å². The van der Waals surface area contributed by atoms with Crippen LogP contribution in [-0.4, -0.2) is 47.3 Å². The van der Waals surface area contributed by atoms with Gasteiger partial charge in [-0.3, -0.25) is 9.59 Å². The van der Waals surface area contributed by atoms with E-state index in [1.54, 1.807) is 23.1 Å². The Balaban J connectivity index is 1.42. The van der Waals surface area contributed by atoms with Crippen LogP contribution in [0, 0.1) is 0 Å². The van der Waals surface area contributed by atoms with Crippen molar-refractivity contribution in [1.82, 2.24) is 9.80 Å². The molecule has 0 bridgehead atoms. The van der Waals surface area contributed by atoms with Crippen LogP contribution in [0.25, 0.3) is 0 Å². The zero-order chi connectivity index (χ0) is 19.5. The second-order valence-corrected chi connectivity index (χ2v) is 8.05. The summed E-state index contributed by atoms with van der Waals surface area (Å²) in [5.41, 5.74) is 1.83. The minimum absolute atomic E-state index is 0.0874. The Hall–Kier alpha value is -2.33. The maximum absolute atomic E-state index is 13.2. The lowest BCUT2D eigenvalue weighted by atomic mass is 9.89. The predicted molar refractivity (Wildman–Crippen MR) is 111 cm³/mol. The van der Waals surface area contributed by atoms with Gasteiger partial charge in [0.25, 0.3) is 5.91 Å². The van der Waals surface area contributed by atoms with E-state index >= 15 is 0 Å². The Bertz CT molecular complexity index is 847. The number of nitrogens with zero attached hydrogens (tertiary/aromatic N) is 2. The molecule has 28 heavy (non-hydrogen) atoms. The fourth-order valence-electron chi connectivity index (χ4n) is 4.43. The van der Waals surface area contributed by atoms with E-state index in [0.29, 0.717) is 23.0 Å². The van der Waals surface area contributed by atoms with Crippen molar-refractivity contribution in [1.29, 1.82) is 0 Å². The van der Waals surface area contributed by atoms with Crippen molar-refractivity contribution >= 4 is 23.4 Å². The first-order valence-corrected chi connectivity index (χ1v) is 10.4. The second-order valence-electron chi connectivity index (χ2n) is 7.65. The average Bonchev–Trinajstić information content (AvgIpc) is 3.24. The molecular formula is C23H25ClN2O2. The third kappa shape index (κ3) is 3.79. The van der Waals surface area contributed by atoms with E-state index < -0.39 is 0 Å². The molecule has 1 atom stereocenters. The number of rotatable bonds is 3. The number of likely N-dealkylation sites (tertiary alicyclic amines) is 2. The second kappa shape index (κ2) is 8.36. The van der Waals surface area contributed by atoms with Gasteiger partial charge in [0.15, 0.2) is 0 Å². The van der Waals surface area contributed by atoms with Gasteiger partial charge in [-0.2, -0.15) is 0 Å². The lowest BCUT2D eigenvalue weighted by Crippen LogP contribution is -2.49. The van der Waals surface area contributed by atoms with Crippen LogP contribution in [0.1, 0.15) is 47.5 Å². The Kier molecular flexibility index (Phi) is 5.67. The maximum Gasteiger partial charge on any atom is 0.256 e. The molecule has 2 amide bonds. The third-order valence-corrected chi connectivity index (χ3v) is 6.31. The third-order valence-electron chi connectivity index (χ3n) is 5.98. The van der Waals surface area contributed by atoms with Crippen LogP contribution in [0.2, 0.25) is 5.02 Å². The summed E-state index contributed by atoms with van der Waals surface area (Å²) in [6.07, 6.45) is 3.53. The summed E-state index contributed by atoms with van der Waals surface area (Å²) >= 11 is 6.20. The van der Waals surface area contributed by atoms with Crippen molar-refractivity contribution in [3.63, 3.8) is 0 Å².